The SMILES string of the molecule is CCCC[N+]1=C(/C=C/C=C/C=C2/N(CCCS(=O)(=O)O)c3ccc4c(S(=O)(=O)O)cccc4c3C2(C)CCCCCC(=O)NCCOCCOCCOCCC)C(C)(C)c2c1ccc1c(C)cccc21. The number of hydrogen-bond donors (Lipinski definition) is 3. The highest BCUT2D eigenvalue weighted by Gasteiger charge is 2.46. The number of carbonyl (C=O) groups is 1. The van der Waals surface area contributed by atoms with Crippen LogP contribution in [0.3, 0.4) is 0 Å². The molecule has 70 heavy (non-hydrogen) atoms. The molecule has 0 fully saturated rings. The van der Waals surface area contributed by atoms with Gasteiger partial charge in [-0.3, -0.25) is 13.9 Å². The van der Waals surface area contributed by atoms with E-state index in [0.29, 0.717) is 69.6 Å². The molecule has 0 radical (unpaired) electrons. The number of aryl methyl sites for hydroxylation is 1. The Kier molecular flexibility index (Phi) is 19.2. The number of nitrogens with zero attached hydrogens (tertiary/aromatic N) is 2. The molecule has 380 valence electrons. The fourth-order valence-corrected chi connectivity index (χ4v) is 11.4. The maximum atomic E-state index is 12.8. The number of hydrogen-bond acceptors (Lipinski definition) is 9. The molecule has 0 aromatic heterocycles. The van der Waals surface area contributed by atoms with Crippen molar-refractivity contribution in [3.05, 3.63) is 113 Å². The average molecular weight is 1000 g/mol. The largest absolute Gasteiger partial charge is 0.379 e. The third-order valence-electron chi connectivity index (χ3n) is 13.6. The van der Waals surface area contributed by atoms with Crippen molar-refractivity contribution in [2.75, 3.05) is 69.9 Å². The van der Waals surface area contributed by atoms with Crippen LogP contribution >= 0.6 is 0 Å². The first-order valence-corrected chi connectivity index (χ1v) is 28.0. The van der Waals surface area contributed by atoms with Crippen LogP contribution in [0.2, 0.25) is 0 Å². The summed E-state index contributed by atoms with van der Waals surface area (Å²) in [6.07, 6.45) is 16.6. The third kappa shape index (κ3) is 13.2. The first kappa shape index (κ1) is 54.6. The second-order valence-electron chi connectivity index (χ2n) is 19.1. The highest BCUT2D eigenvalue weighted by molar-refractivity contribution is 7.86. The molecule has 2 aliphatic heterocycles. The fourth-order valence-electron chi connectivity index (χ4n) is 10.2. The summed E-state index contributed by atoms with van der Waals surface area (Å²) in [6, 6.07) is 19.4. The van der Waals surface area contributed by atoms with E-state index in [2.05, 4.69) is 98.8 Å². The maximum Gasteiger partial charge on any atom is 0.295 e. The lowest BCUT2D eigenvalue weighted by molar-refractivity contribution is -0.438. The quantitative estimate of drug-likeness (QED) is 0.0214. The van der Waals surface area contributed by atoms with Gasteiger partial charge in [0.1, 0.15) is 11.4 Å². The molecule has 2 heterocycles. The van der Waals surface area contributed by atoms with Crippen LogP contribution in [0.4, 0.5) is 11.4 Å². The van der Waals surface area contributed by atoms with Gasteiger partial charge in [-0.2, -0.15) is 21.4 Å². The van der Waals surface area contributed by atoms with Crippen molar-refractivity contribution in [3.8, 4) is 0 Å². The molecule has 4 aromatic rings. The molecular formula is C55H74N3O10S2+. The van der Waals surface area contributed by atoms with E-state index >= 15 is 0 Å². The molecule has 0 saturated carbocycles. The lowest BCUT2D eigenvalue weighted by atomic mass is 9.75. The zero-order valence-corrected chi connectivity index (χ0v) is 43.6. The van der Waals surface area contributed by atoms with Crippen LogP contribution in [0.5, 0.6) is 0 Å². The first-order valence-electron chi connectivity index (χ1n) is 24.9. The molecule has 3 N–H and O–H groups in total. The van der Waals surface area contributed by atoms with Crippen LogP contribution < -0.4 is 10.2 Å². The summed E-state index contributed by atoms with van der Waals surface area (Å²) in [5.41, 5.74) is 6.56. The number of rotatable bonds is 28. The van der Waals surface area contributed by atoms with E-state index in [1.165, 1.54) is 39.4 Å². The molecule has 1 unspecified atom stereocenters. The van der Waals surface area contributed by atoms with Gasteiger partial charge in [0.15, 0.2) is 5.71 Å². The van der Waals surface area contributed by atoms with Crippen LogP contribution in [-0.2, 0) is 50.1 Å². The van der Waals surface area contributed by atoms with Gasteiger partial charge in [-0.1, -0.05) is 87.7 Å². The predicted molar refractivity (Wildman–Crippen MR) is 281 cm³/mol. The molecule has 6 rings (SSSR count). The standard InChI is InChI=1S/C55H73N3O10S2/c1-7-9-32-57-46-28-26-42-41(3)19-16-20-44(42)52(46)54(4,5)49(57)23-12-10-13-24-50-55(6,30-15-11-14-25-51(59)56-31-35-67-37-39-68-38-36-66-34-8-2)53-45-21-17-22-48(70(63,64)65)43(45)27-29-47(53)58(50)33-18-40-69(60,61)62/h10,12-13,16-17,19-24,26-29H,7-9,11,14-15,18,25,30-40H2,1-6H3,(H2-,56,59,60,61,62,63,64,65)/p+1. The van der Waals surface area contributed by atoms with Crippen LogP contribution in [0.25, 0.3) is 21.5 Å². The summed E-state index contributed by atoms with van der Waals surface area (Å²) in [5, 5.41) is 6.50. The molecule has 1 amide bonds. The van der Waals surface area contributed by atoms with Gasteiger partial charge in [-0.05, 0) is 105 Å². The fraction of sp³-hybridized carbons (Fsp3) is 0.491. The smallest absolute Gasteiger partial charge is 0.295 e. The van der Waals surface area contributed by atoms with E-state index in [9.17, 15) is 30.7 Å². The summed E-state index contributed by atoms with van der Waals surface area (Å²) in [4.78, 5) is 14.7. The van der Waals surface area contributed by atoms with Crippen molar-refractivity contribution in [2.45, 2.75) is 115 Å². The predicted octanol–water partition coefficient (Wildman–Crippen LogP) is 10.3. The topological polar surface area (TPSA) is 172 Å². The number of allylic oxidation sites excluding steroid dienone is 6. The number of carbonyl (C=O) groups excluding carboxylic acids is 1. The zero-order chi connectivity index (χ0) is 50.5. The van der Waals surface area contributed by atoms with Crippen molar-refractivity contribution in [1.82, 2.24) is 5.32 Å². The minimum absolute atomic E-state index is 0.0576. The Morgan fingerprint density at radius 3 is 2.11 bits per heavy atom. The number of anilines is 1. The minimum atomic E-state index is -4.57. The first-order chi connectivity index (χ1) is 33.4. The summed E-state index contributed by atoms with van der Waals surface area (Å²) >= 11 is 0. The number of benzene rings is 4. The lowest BCUT2D eigenvalue weighted by Crippen LogP contribution is -2.30. The Labute approximate surface area is 416 Å². The molecule has 4 aromatic carbocycles. The summed E-state index contributed by atoms with van der Waals surface area (Å²) in [6.45, 7) is 17.8. The second-order valence-corrected chi connectivity index (χ2v) is 22.1. The van der Waals surface area contributed by atoms with E-state index in [1.807, 2.05) is 30.4 Å². The van der Waals surface area contributed by atoms with Crippen LogP contribution in [0.15, 0.2) is 102 Å². The van der Waals surface area contributed by atoms with E-state index in [0.717, 1.165) is 62.2 Å². The highest BCUT2D eigenvalue weighted by Crippen LogP contribution is 2.54. The number of fused-ring (bicyclic) bond motifs is 6. The van der Waals surface area contributed by atoms with Gasteiger partial charge in [0.25, 0.3) is 20.2 Å². The molecule has 15 heteroatoms. The molecule has 0 aliphatic carbocycles. The average Bonchev–Trinajstić information content (AvgIpc) is 3.68. The van der Waals surface area contributed by atoms with Gasteiger partial charge >= 0.3 is 0 Å². The third-order valence-corrected chi connectivity index (χ3v) is 15.3. The number of nitrogens with one attached hydrogen (secondary N) is 1. The molecule has 0 saturated heterocycles. The van der Waals surface area contributed by atoms with Gasteiger partial charge in [0.2, 0.25) is 11.6 Å². The van der Waals surface area contributed by atoms with E-state index in [1.54, 1.807) is 12.1 Å². The summed E-state index contributed by atoms with van der Waals surface area (Å²) in [5.74, 6) is -0.488. The second kappa shape index (κ2) is 24.6. The Balaban J connectivity index is 1.25. The Bertz CT molecular complexity index is 2830. The van der Waals surface area contributed by atoms with Gasteiger partial charge in [-0.25, -0.2) is 0 Å². The summed E-state index contributed by atoms with van der Waals surface area (Å²) in [7, 11) is -8.82. The van der Waals surface area contributed by atoms with Crippen molar-refractivity contribution in [3.63, 3.8) is 0 Å². The van der Waals surface area contributed by atoms with Gasteiger partial charge in [0, 0.05) is 72.4 Å². The maximum absolute atomic E-state index is 12.8. The molecule has 1 atom stereocenters. The van der Waals surface area contributed by atoms with Gasteiger partial charge < -0.3 is 24.4 Å². The molecule has 2 aliphatic rings. The zero-order valence-electron chi connectivity index (χ0n) is 42.0. The molecule has 0 spiro atoms. The number of unbranched alkanes of at least 4 members (excludes halogenated alkanes) is 3. The molecule has 13 nitrogen and oxygen atoms in total. The monoisotopic (exact) mass is 1000 g/mol. The minimum Gasteiger partial charge on any atom is -0.379 e. The number of ether oxygens (including phenoxy) is 3. The van der Waals surface area contributed by atoms with Crippen molar-refractivity contribution >= 4 is 64.8 Å². The van der Waals surface area contributed by atoms with Gasteiger partial charge in [0.05, 0.1) is 44.2 Å². The van der Waals surface area contributed by atoms with Crippen LogP contribution in [-0.4, -0.2) is 107 Å². The van der Waals surface area contributed by atoms with Crippen molar-refractivity contribution in [1.29, 1.82) is 0 Å². The van der Waals surface area contributed by atoms with Crippen LogP contribution in [0.1, 0.15) is 109 Å². The Hall–Kier alpha value is -4.74. The Morgan fingerprint density at radius 2 is 1.41 bits per heavy atom. The Morgan fingerprint density at radius 1 is 0.729 bits per heavy atom. The van der Waals surface area contributed by atoms with Crippen molar-refractivity contribution < 1.29 is 49.5 Å². The lowest BCUT2D eigenvalue weighted by Gasteiger charge is -2.31. The normalized spacial score (nSPS) is 17.5. The van der Waals surface area contributed by atoms with E-state index in [4.69, 9.17) is 14.2 Å². The van der Waals surface area contributed by atoms with Crippen molar-refractivity contribution in [2.24, 2.45) is 0 Å². The van der Waals surface area contributed by atoms with Crippen LogP contribution in [0, 0.1) is 6.92 Å². The molecule has 0 bridgehead atoms. The summed E-state index contributed by atoms with van der Waals surface area (Å²) < 4.78 is 88.3. The number of amides is 1. The van der Waals surface area contributed by atoms with E-state index in [-0.39, 0.29) is 29.2 Å². The van der Waals surface area contributed by atoms with E-state index < -0.39 is 31.4 Å². The molecular weight excluding hydrogens is 927 g/mol. The van der Waals surface area contributed by atoms with Gasteiger partial charge in [-0.15, -0.1) is 0 Å². The highest BCUT2D eigenvalue weighted by atomic mass is 32.2.